The molecule has 4 heteroatoms. The van der Waals surface area contributed by atoms with E-state index in [-0.39, 0.29) is 6.61 Å². The van der Waals surface area contributed by atoms with E-state index in [4.69, 9.17) is 4.74 Å². The van der Waals surface area contributed by atoms with E-state index in [1.165, 1.54) is 0 Å². The van der Waals surface area contributed by atoms with Crippen LogP contribution in [-0.2, 0) is 0 Å². The average Bonchev–Trinajstić information content (AvgIpc) is 2.90. The molecule has 21 heavy (non-hydrogen) atoms. The van der Waals surface area contributed by atoms with Gasteiger partial charge in [0, 0.05) is 22.8 Å². The van der Waals surface area contributed by atoms with E-state index < -0.39 is 6.10 Å². The highest BCUT2D eigenvalue weighted by atomic mass is 16.5. The highest BCUT2D eigenvalue weighted by molar-refractivity contribution is 6.10. The molecule has 0 bridgehead atoms. The SMILES string of the molecule is CCNCC(O)COc1cccc2[nH]c3ccccc3c12. The van der Waals surface area contributed by atoms with Crippen molar-refractivity contribution in [1.82, 2.24) is 10.3 Å². The Morgan fingerprint density at radius 1 is 1.14 bits per heavy atom. The number of fused-ring (bicyclic) bond motifs is 3. The van der Waals surface area contributed by atoms with Crippen LogP contribution in [0.25, 0.3) is 21.8 Å². The summed E-state index contributed by atoms with van der Waals surface area (Å²) in [5, 5.41) is 15.2. The Hall–Kier alpha value is -2.04. The first-order valence-electron chi connectivity index (χ1n) is 7.30. The van der Waals surface area contributed by atoms with Crippen LogP contribution in [0.2, 0.25) is 0 Å². The maximum atomic E-state index is 9.88. The lowest BCUT2D eigenvalue weighted by Crippen LogP contribution is -2.31. The van der Waals surface area contributed by atoms with Crippen LogP contribution < -0.4 is 10.1 Å². The molecule has 0 spiro atoms. The third kappa shape index (κ3) is 2.86. The summed E-state index contributed by atoms with van der Waals surface area (Å²) in [4.78, 5) is 3.39. The molecule has 1 aromatic heterocycles. The molecule has 110 valence electrons. The van der Waals surface area contributed by atoms with Crippen LogP contribution in [-0.4, -0.2) is 35.9 Å². The summed E-state index contributed by atoms with van der Waals surface area (Å²) in [5.74, 6) is 0.806. The molecule has 1 heterocycles. The van der Waals surface area contributed by atoms with Gasteiger partial charge in [-0.1, -0.05) is 31.2 Å². The summed E-state index contributed by atoms with van der Waals surface area (Å²) in [5.41, 5.74) is 2.15. The lowest BCUT2D eigenvalue weighted by molar-refractivity contribution is 0.108. The lowest BCUT2D eigenvalue weighted by atomic mass is 10.1. The highest BCUT2D eigenvalue weighted by Gasteiger charge is 2.11. The number of hydrogen-bond donors (Lipinski definition) is 3. The normalized spacial score (nSPS) is 12.9. The second-order valence-corrected chi connectivity index (χ2v) is 5.12. The van der Waals surface area contributed by atoms with Gasteiger partial charge in [-0.15, -0.1) is 0 Å². The minimum absolute atomic E-state index is 0.283. The molecule has 1 atom stereocenters. The van der Waals surface area contributed by atoms with Crippen molar-refractivity contribution in [3.05, 3.63) is 42.5 Å². The lowest BCUT2D eigenvalue weighted by Gasteiger charge is -2.13. The van der Waals surface area contributed by atoms with Crippen LogP contribution in [0.15, 0.2) is 42.5 Å². The van der Waals surface area contributed by atoms with Crippen molar-refractivity contribution in [2.75, 3.05) is 19.7 Å². The van der Waals surface area contributed by atoms with Crippen LogP contribution >= 0.6 is 0 Å². The molecule has 0 fully saturated rings. The zero-order valence-corrected chi connectivity index (χ0v) is 12.1. The average molecular weight is 284 g/mol. The van der Waals surface area contributed by atoms with Gasteiger partial charge in [-0.25, -0.2) is 0 Å². The van der Waals surface area contributed by atoms with E-state index in [0.717, 1.165) is 34.1 Å². The minimum atomic E-state index is -0.509. The molecule has 4 nitrogen and oxygen atoms in total. The maximum Gasteiger partial charge on any atom is 0.129 e. The second kappa shape index (κ2) is 6.16. The van der Waals surface area contributed by atoms with E-state index in [2.05, 4.69) is 22.4 Å². The molecule has 0 aliphatic rings. The van der Waals surface area contributed by atoms with Gasteiger partial charge in [0.2, 0.25) is 0 Å². The summed E-state index contributed by atoms with van der Waals surface area (Å²) in [6, 6.07) is 14.1. The van der Waals surface area contributed by atoms with Gasteiger partial charge in [0.15, 0.2) is 0 Å². The Morgan fingerprint density at radius 2 is 1.95 bits per heavy atom. The minimum Gasteiger partial charge on any atom is -0.490 e. The summed E-state index contributed by atoms with van der Waals surface area (Å²) in [6.07, 6.45) is -0.509. The van der Waals surface area contributed by atoms with Gasteiger partial charge in [-0.3, -0.25) is 0 Å². The van der Waals surface area contributed by atoms with Crippen molar-refractivity contribution >= 4 is 21.8 Å². The van der Waals surface area contributed by atoms with Crippen LogP contribution in [0.1, 0.15) is 6.92 Å². The number of para-hydroxylation sites is 1. The highest BCUT2D eigenvalue weighted by Crippen LogP contribution is 2.32. The number of rotatable bonds is 6. The summed E-state index contributed by atoms with van der Waals surface area (Å²) < 4.78 is 5.83. The molecular weight excluding hydrogens is 264 g/mol. The molecule has 0 saturated carbocycles. The number of nitrogens with one attached hydrogen (secondary N) is 2. The maximum absolute atomic E-state index is 9.88. The largest absolute Gasteiger partial charge is 0.490 e. The second-order valence-electron chi connectivity index (χ2n) is 5.12. The Bertz CT molecular complexity index is 736. The zero-order valence-electron chi connectivity index (χ0n) is 12.1. The Morgan fingerprint density at radius 3 is 2.81 bits per heavy atom. The van der Waals surface area contributed by atoms with E-state index in [1.807, 2.05) is 37.3 Å². The quantitative estimate of drug-likeness (QED) is 0.652. The van der Waals surface area contributed by atoms with Gasteiger partial charge in [0.25, 0.3) is 0 Å². The fourth-order valence-electron chi connectivity index (χ4n) is 2.54. The van der Waals surface area contributed by atoms with Crippen molar-refractivity contribution in [3.8, 4) is 5.75 Å². The number of hydrogen-bond acceptors (Lipinski definition) is 3. The molecule has 0 aliphatic heterocycles. The Labute approximate surface area is 123 Å². The summed E-state index contributed by atoms with van der Waals surface area (Å²) >= 11 is 0. The molecular formula is C17H20N2O2. The number of aliphatic hydroxyl groups excluding tert-OH is 1. The molecule has 0 amide bonds. The van der Waals surface area contributed by atoms with Gasteiger partial charge in [0.05, 0.1) is 5.52 Å². The van der Waals surface area contributed by atoms with Gasteiger partial charge < -0.3 is 20.1 Å². The number of ether oxygens (including phenoxy) is 1. The monoisotopic (exact) mass is 284 g/mol. The summed E-state index contributed by atoms with van der Waals surface area (Å²) in [7, 11) is 0. The third-order valence-electron chi connectivity index (χ3n) is 3.55. The molecule has 3 N–H and O–H groups in total. The van der Waals surface area contributed by atoms with Crippen molar-refractivity contribution in [2.24, 2.45) is 0 Å². The molecule has 3 rings (SSSR count). The smallest absolute Gasteiger partial charge is 0.129 e. The van der Waals surface area contributed by atoms with E-state index in [9.17, 15) is 5.11 Å². The van der Waals surface area contributed by atoms with Crippen LogP contribution in [0.4, 0.5) is 0 Å². The number of aliphatic hydroxyl groups is 1. The molecule has 0 aliphatic carbocycles. The van der Waals surface area contributed by atoms with Gasteiger partial charge >= 0.3 is 0 Å². The van der Waals surface area contributed by atoms with E-state index in [0.29, 0.717) is 6.54 Å². The number of benzene rings is 2. The van der Waals surface area contributed by atoms with Crippen molar-refractivity contribution in [3.63, 3.8) is 0 Å². The van der Waals surface area contributed by atoms with Gasteiger partial charge in [-0.2, -0.15) is 0 Å². The van der Waals surface area contributed by atoms with E-state index >= 15 is 0 Å². The van der Waals surface area contributed by atoms with Gasteiger partial charge in [-0.05, 0) is 24.7 Å². The first-order chi connectivity index (χ1) is 10.3. The fraction of sp³-hybridized carbons (Fsp3) is 0.294. The molecule has 3 aromatic rings. The van der Waals surface area contributed by atoms with E-state index in [1.54, 1.807) is 0 Å². The predicted octanol–water partition coefficient (Wildman–Crippen LogP) is 2.67. The number of aromatic nitrogens is 1. The van der Waals surface area contributed by atoms with Gasteiger partial charge in [0.1, 0.15) is 18.5 Å². The number of H-pyrrole nitrogens is 1. The van der Waals surface area contributed by atoms with Crippen LogP contribution in [0.5, 0.6) is 5.75 Å². The molecule has 1 unspecified atom stereocenters. The standard InChI is InChI=1S/C17H20N2O2/c1-2-18-10-12(20)11-21-16-9-5-8-15-17(16)13-6-3-4-7-14(13)19-15/h3-9,12,18-20H,2,10-11H2,1H3. The first kappa shape index (κ1) is 13.9. The topological polar surface area (TPSA) is 57.3 Å². The van der Waals surface area contributed by atoms with Crippen molar-refractivity contribution in [2.45, 2.75) is 13.0 Å². The fourth-order valence-corrected chi connectivity index (χ4v) is 2.54. The molecule has 0 radical (unpaired) electrons. The number of likely N-dealkylation sites (N-methyl/N-ethyl adjacent to an activating group) is 1. The predicted molar refractivity (Wildman–Crippen MR) is 85.9 cm³/mol. The van der Waals surface area contributed by atoms with Crippen LogP contribution in [0.3, 0.4) is 0 Å². The molecule has 2 aromatic carbocycles. The third-order valence-corrected chi connectivity index (χ3v) is 3.55. The Balaban J connectivity index is 1.88. The summed E-state index contributed by atoms with van der Waals surface area (Å²) in [6.45, 7) is 3.68. The first-order valence-corrected chi connectivity index (χ1v) is 7.30. The van der Waals surface area contributed by atoms with Crippen molar-refractivity contribution < 1.29 is 9.84 Å². The Kier molecular flexibility index (Phi) is 4.08. The van der Waals surface area contributed by atoms with Crippen LogP contribution in [0, 0.1) is 0 Å². The zero-order chi connectivity index (χ0) is 14.7. The number of aromatic amines is 1. The van der Waals surface area contributed by atoms with Crippen molar-refractivity contribution in [1.29, 1.82) is 0 Å². The molecule has 0 saturated heterocycles.